The van der Waals surface area contributed by atoms with Crippen molar-refractivity contribution in [2.45, 2.75) is 113 Å². The van der Waals surface area contributed by atoms with Crippen LogP contribution in [0.2, 0.25) is 0 Å². The van der Waals surface area contributed by atoms with Crippen LogP contribution in [-0.4, -0.2) is 52.4 Å². The SMILES string of the molecule is CCc1c2[nH]c(c1C)/C=c1\[nH]/c(c(C)c1CC)=C\C1=C(C)[C@H](CCC(=O)OC/C=C(\C)CCCC(C)C)C(N1)C1=c3[nH]/c(c(C)c3C(=O)[C@@H]1C(=O)OC)=C\2. The second-order valence-electron chi connectivity index (χ2n) is 15.8. The van der Waals surface area contributed by atoms with E-state index in [-0.39, 0.29) is 30.7 Å². The summed E-state index contributed by atoms with van der Waals surface area (Å²) in [5.74, 6) is -1.75. The largest absolute Gasteiger partial charge is 0.468 e. The van der Waals surface area contributed by atoms with Gasteiger partial charge in [-0.1, -0.05) is 39.7 Å². The number of methoxy groups -OCH3 is 1. The molecule has 9 nitrogen and oxygen atoms in total. The molecule has 1 aliphatic carbocycles. The van der Waals surface area contributed by atoms with Crippen LogP contribution in [0.1, 0.15) is 123 Å². The number of Topliss-reactive ketones (excluding diaryl/α,β-unsaturated/α-hetero) is 1. The Morgan fingerprint density at radius 1 is 0.870 bits per heavy atom. The van der Waals surface area contributed by atoms with Crippen molar-refractivity contribution in [1.29, 1.82) is 0 Å². The van der Waals surface area contributed by atoms with Gasteiger partial charge in [-0.25, -0.2) is 0 Å². The fourth-order valence-corrected chi connectivity index (χ4v) is 8.81. The quantitative estimate of drug-likeness (QED) is 0.114. The highest BCUT2D eigenvalue weighted by Crippen LogP contribution is 2.39. The molecule has 4 N–H and O–H groups in total. The Kier molecular flexibility index (Phi) is 11.5. The lowest BCUT2D eigenvalue weighted by Gasteiger charge is -2.26. The first kappa shape index (κ1) is 38.9. The minimum atomic E-state index is -1.10. The predicted molar refractivity (Wildman–Crippen MR) is 214 cm³/mol. The van der Waals surface area contributed by atoms with E-state index in [0.29, 0.717) is 28.8 Å². The smallest absolute Gasteiger partial charge is 0.320 e. The molecule has 0 saturated carbocycles. The maximum absolute atomic E-state index is 14.3. The molecule has 3 aromatic rings. The number of aromatic nitrogens is 3. The van der Waals surface area contributed by atoms with Crippen LogP contribution in [0.4, 0.5) is 0 Å². The number of hydrogen-bond donors (Lipinski definition) is 4. The average molecular weight is 735 g/mol. The van der Waals surface area contributed by atoms with Crippen LogP contribution in [0.5, 0.6) is 0 Å². The molecule has 1 unspecified atom stereocenters. The van der Waals surface area contributed by atoms with Crippen molar-refractivity contribution in [2.75, 3.05) is 13.7 Å². The van der Waals surface area contributed by atoms with Gasteiger partial charge in [0.1, 0.15) is 12.5 Å². The number of aromatic amines is 3. The van der Waals surface area contributed by atoms with E-state index in [1.165, 1.54) is 41.4 Å². The number of allylic oxidation sites excluding steroid dienone is 2. The van der Waals surface area contributed by atoms with E-state index in [1.807, 2.05) is 13.0 Å². The molecule has 3 atom stereocenters. The van der Waals surface area contributed by atoms with Crippen molar-refractivity contribution < 1.29 is 23.9 Å². The van der Waals surface area contributed by atoms with Gasteiger partial charge < -0.3 is 29.7 Å². The average Bonchev–Trinajstić information content (AvgIpc) is 3.87. The van der Waals surface area contributed by atoms with Crippen LogP contribution >= 0.6 is 0 Å². The van der Waals surface area contributed by atoms with E-state index in [4.69, 9.17) is 9.47 Å². The zero-order valence-corrected chi connectivity index (χ0v) is 33.8. The van der Waals surface area contributed by atoms with E-state index < -0.39 is 17.9 Å². The molecule has 0 aromatic carbocycles. The van der Waals surface area contributed by atoms with Gasteiger partial charge in [-0.2, -0.15) is 0 Å². The number of carbonyl (C=O) groups excluding carboxylic acids is 3. The molecule has 0 saturated heterocycles. The summed E-state index contributed by atoms with van der Waals surface area (Å²) in [4.78, 5) is 52.1. The van der Waals surface area contributed by atoms with E-state index in [2.05, 4.69) is 93.9 Å². The van der Waals surface area contributed by atoms with Crippen molar-refractivity contribution in [3.8, 4) is 0 Å². The van der Waals surface area contributed by atoms with Crippen molar-refractivity contribution in [3.63, 3.8) is 0 Å². The number of carbonyl (C=O) groups is 3. The van der Waals surface area contributed by atoms with Crippen LogP contribution in [0, 0.1) is 38.5 Å². The minimum absolute atomic E-state index is 0.197. The number of fused-ring (bicyclic) bond motifs is 8. The molecule has 0 radical (unpaired) electrons. The van der Waals surface area contributed by atoms with E-state index in [0.717, 1.165) is 70.0 Å². The van der Waals surface area contributed by atoms with E-state index >= 15 is 0 Å². The molecule has 3 aliphatic rings. The first-order valence-corrected chi connectivity index (χ1v) is 19.8. The maximum atomic E-state index is 14.3. The van der Waals surface area contributed by atoms with Gasteiger partial charge in [-0.05, 0) is 136 Å². The summed E-state index contributed by atoms with van der Waals surface area (Å²) in [5, 5.41) is 7.28. The lowest BCUT2D eigenvalue weighted by atomic mass is 9.82. The first-order chi connectivity index (χ1) is 25.8. The van der Waals surface area contributed by atoms with Gasteiger partial charge in [0.15, 0.2) is 5.78 Å². The van der Waals surface area contributed by atoms with Crippen LogP contribution in [0.25, 0.3) is 23.8 Å². The summed E-state index contributed by atoms with van der Waals surface area (Å²) < 4.78 is 11.0. The molecule has 0 fully saturated rings. The normalized spacial score (nSPS) is 21.1. The zero-order chi connectivity index (χ0) is 39.0. The first-order valence-electron chi connectivity index (χ1n) is 19.8. The third kappa shape index (κ3) is 7.21. The predicted octanol–water partition coefficient (Wildman–Crippen LogP) is 5.27. The molecule has 54 heavy (non-hydrogen) atoms. The Labute approximate surface area is 318 Å². The Hall–Kier alpha value is -4.79. The summed E-state index contributed by atoms with van der Waals surface area (Å²) in [6.45, 7) is 19.5. The molecule has 8 bridgehead atoms. The number of ketones is 1. The summed E-state index contributed by atoms with van der Waals surface area (Å²) >= 11 is 0. The molecular weight excluding hydrogens is 677 g/mol. The van der Waals surface area contributed by atoms with Crippen molar-refractivity contribution in [3.05, 3.63) is 89.1 Å². The van der Waals surface area contributed by atoms with Crippen LogP contribution in [0.15, 0.2) is 22.9 Å². The maximum Gasteiger partial charge on any atom is 0.320 e. The van der Waals surface area contributed by atoms with Gasteiger partial charge in [-0.15, -0.1) is 0 Å². The fraction of sp³-hybridized carbons (Fsp3) is 0.489. The number of nitrogens with one attached hydrogen (secondary N) is 4. The Morgan fingerprint density at radius 2 is 1.57 bits per heavy atom. The van der Waals surface area contributed by atoms with Gasteiger partial charge >= 0.3 is 11.9 Å². The standard InChI is InChI=1S/C45H58N4O5/c1-11-29-25(6)32-20-34-27(8)31(16-17-38(50)54-19-18-24(5)15-13-14-23(3)4)42(48-34)40-41(45(52)53-10)44(51)39-28(9)35(49-43(39)40)22-37-30(12-2)26(7)33(47-37)21-36(29)46-32/h18,20-23,31,41-42,46-49H,11-17,19H2,1-10H3/b24-18+,32-20-,35-22-,36-21-/t31-,41+,42?/m0/s1. The molecule has 2 aliphatic heterocycles. The molecule has 3 aromatic heterocycles. The highest BCUT2D eigenvalue weighted by atomic mass is 16.5. The fourth-order valence-electron chi connectivity index (χ4n) is 8.81. The van der Waals surface area contributed by atoms with E-state index in [9.17, 15) is 14.4 Å². The lowest BCUT2D eigenvalue weighted by molar-refractivity contribution is -0.143. The number of rotatable bonds is 12. The van der Waals surface area contributed by atoms with Gasteiger partial charge in [-0.3, -0.25) is 14.4 Å². The van der Waals surface area contributed by atoms with Crippen molar-refractivity contribution in [2.24, 2.45) is 17.8 Å². The van der Waals surface area contributed by atoms with Gasteiger partial charge in [0, 0.05) is 51.0 Å². The third-order valence-electron chi connectivity index (χ3n) is 12.0. The second-order valence-corrected chi connectivity index (χ2v) is 15.8. The van der Waals surface area contributed by atoms with Gasteiger partial charge in [0.2, 0.25) is 0 Å². The van der Waals surface area contributed by atoms with Gasteiger partial charge in [0.05, 0.1) is 18.5 Å². The van der Waals surface area contributed by atoms with Crippen molar-refractivity contribution in [1.82, 2.24) is 20.3 Å². The summed E-state index contributed by atoms with van der Waals surface area (Å²) in [6, 6.07) is -0.447. The number of H-pyrrole nitrogens is 3. The van der Waals surface area contributed by atoms with Gasteiger partial charge in [0.25, 0.3) is 0 Å². The summed E-state index contributed by atoms with van der Waals surface area (Å²) in [7, 11) is 1.33. The molecule has 288 valence electrons. The number of hydrogen-bond acceptors (Lipinski definition) is 6. The minimum Gasteiger partial charge on any atom is -0.468 e. The third-order valence-corrected chi connectivity index (χ3v) is 12.0. The Balaban J connectivity index is 1.48. The summed E-state index contributed by atoms with van der Waals surface area (Å²) in [6.07, 6.45) is 14.1. The molecule has 6 rings (SSSR count). The Morgan fingerprint density at radius 3 is 2.26 bits per heavy atom. The van der Waals surface area contributed by atoms with Crippen LogP contribution < -0.4 is 26.7 Å². The lowest BCUT2D eigenvalue weighted by Crippen LogP contribution is -2.39. The van der Waals surface area contributed by atoms with E-state index in [1.54, 1.807) is 0 Å². The highest BCUT2D eigenvalue weighted by Gasteiger charge is 2.47. The summed E-state index contributed by atoms with van der Waals surface area (Å²) in [5.41, 5.74) is 12.0. The monoisotopic (exact) mass is 734 g/mol. The molecular formula is C45H58N4O5. The van der Waals surface area contributed by atoms with Crippen LogP contribution in [-0.2, 0) is 31.9 Å². The number of esters is 2. The topological polar surface area (TPSA) is 129 Å². The molecule has 0 amide bonds. The van der Waals surface area contributed by atoms with Crippen molar-refractivity contribution >= 4 is 41.5 Å². The Bertz CT molecular complexity index is 2310. The molecule has 5 heterocycles. The second kappa shape index (κ2) is 15.9. The zero-order valence-electron chi connectivity index (χ0n) is 33.8. The van der Waals surface area contributed by atoms with Crippen LogP contribution in [0.3, 0.4) is 0 Å². The highest BCUT2D eigenvalue weighted by molar-refractivity contribution is 6.19. The molecule has 9 heteroatoms. The number of ether oxygens (including phenoxy) is 2. The molecule has 0 spiro atoms.